The molecular formula is C117H116N18O10. The average molecular weight is 1930 g/mol. The highest BCUT2D eigenvalue weighted by Crippen LogP contribution is 2.57. The van der Waals surface area contributed by atoms with E-state index in [0.29, 0.717) is 108 Å². The lowest BCUT2D eigenvalue weighted by Gasteiger charge is -2.56. The summed E-state index contributed by atoms with van der Waals surface area (Å²) in [5.74, 6) is 8.89. The lowest BCUT2D eigenvalue weighted by atomic mass is 9.53. The number of carbonyl (C=O) groups is 8. The van der Waals surface area contributed by atoms with Gasteiger partial charge in [0, 0.05) is 114 Å². The highest BCUT2D eigenvalue weighted by Gasteiger charge is 2.52. The highest BCUT2D eigenvalue weighted by atomic mass is 16.5. The summed E-state index contributed by atoms with van der Waals surface area (Å²) in [5.41, 5.74) is 17.1. The van der Waals surface area contributed by atoms with E-state index in [1.165, 1.54) is 96.3 Å². The number of nitrogens with one attached hydrogen (secondary N) is 12. The van der Waals surface area contributed by atoms with Gasteiger partial charge in [-0.25, -0.2) is 19.9 Å². The summed E-state index contributed by atoms with van der Waals surface area (Å²) in [5, 5.41) is 24.7. The number of benzene rings is 10. The number of aromatic nitrogens is 10. The van der Waals surface area contributed by atoms with E-state index in [0.717, 1.165) is 152 Å². The van der Waals surface area contributed by atoms with Gasteiger partial charge in [0.15, 0.2) is 0 Å². The number of hydrogen-bond acceptors (Lipinski definition) is 16. The predicted octanol–water partition coefficient (Wildman–Crippen LogP) is 22.5. The average Bonchev–Trinajstić information content (AvgIpc) is 1.33. The molecule has 6 heterocycles. The second kappa shape index (κ2) is 42.5. The van der Waals surface area contributed by atoms with Gasteiger partial charge in [-0.2, -0.15) is 0 Å². The fraction of sp³-hybridized carbons (Fsp3) is 0.299. The molecule has 0 aliphatic heterocycles. The van der Waals surface area contributed by atoms with Crippen LogP contribution in [0.5, 0.6) is 11.5 Å². The quantitative estimate of drug-likeness (QED) is 0.0280. The summed E-state index contributed by atoms with van der Waals surface area (Å²) in [7, 11) is 3.21. The number of carbonyl (C=O) groups excluding carboxylic acids is 8. The number of anilines is 4. The first-order valence-electron chi connectivity index (χ1n) is 50.8. The molecule has 10 aliphatic carbocycles. The van der Waals surface area contributed by atoms with Crippen LogP contribution in [0.1, 0.15) is 224 Å². The Bertz CT molecular complexity index is 7350. The second-order valence-electron chi connectivity index (χ2n) is 40.4. The summed E-state index contributed by atoms with van der Waals surface area (Å²) < 4.78 is 10.3. The van der Waals surface area contributed by atoms with Crippen molar-refractivity contribution in [3.8, 4) is 57.1 Å². The number of hydrogen-bond donors (Lipinski definition) is 12. The topological polar surface area (TPSA) is 392 Å². The Morgan fingerprint density at radius 1 is 0.297 bits per heavy atom. The molecule has 145 heavy (non-hydrogen) atoms. The Kier molecular flexibility index (Phi) is 27.8. The second-order valence-corrected chi connectivity index (χ2v) is 40.4. The molecule has 0 spiro atoms. The molecule has 734 valence electrons. The third-order valence-corrected chi connectivity index (χ3v) is 30.3. The van der Waals surface area contributed by atoms with E-state index in [1.807, 2.05) is 121 Å². The van der Waals surface area contributed by atoms with Crippen molar-refractivity contribution in [2.75, 3.05) is 35.5 Å². The van der Waals surface area contributed by atoms with E-state index in [9.17, 15) is 38.4 Å². The smallest absolute Gasteiger partial charge is 0.255 e. The minimum atomic E-state index is -0.214. The summed E-state index contributed by atoms with van der Waals surface area (Å²) in [6.45, 7) is 0. The van der Waals surface area contributed by atoms with Gasteiger partial charge in [-0.3, -0.25) is 48.3 Å². The molecule has 0 radical (unpaired) electrons. The molecule has 8 amide bonds. The lowest BCUT2D eigenvalue weighted by molar-refractivity contribution is -0.0167. The number of methoxy groups -OCH3 is 2. The summed E-state index contributed by atoms with van der Waals surface area (Å²) in [4.78, 5) is 142. The standard InChI is InChI=1S/2C32H32N4O3.C27H27N5O2.C26H25N5O2/c1-39-26-9-7-25(8-10-26)33-30(37)24-6-11-27-28(15-24)35-29(34-27)22-2-4-23(5-3-22)31(38)36-32-16-19-12-20(17-32)14-21(13-19)18-32;1-39-26-9-7-25(8-10-26)33-32(38)22-6-11-27-28(17-22)35-30(34-27)20-2-4-21(5-3-20)31(37)36-29-23-13-18-12-19(15-23)16-24(29)14-18;33-26(29-21-6-3-1-2-4-7-21)19-11-9-18(10-12-19)25-31-23-14-13-20(16-24(23)32-25)27(34)30-22-8-5-15-28-17-22;32-25(28-20-5-2-1-3-6-20)18-10-8-17(9-11-18)24-30-22-13-12-19(15-23(22)31-24)26(33)29-21-7-4-14-27-16-21/h2-11,15,19-21H,12-14,16-18H2,1H3,(H,33,37)(H,34,35)(H,36,38);2-11,17-19,23-24,29H,12-16H2,1H3,(H,33,38)(H,34,35)(H,36,37);5,8-17,21H,1-4,6-7H2,(H,29,33)(H,30,34)(H,31,32);4,7-16,20H,1-3,5-6H2,(H,28,32)(H,29,33)(H,30,31). The van der Waals surface area contributed by atoms with Crippen LogP contribution in [0.4, 0.5) is 22.7 Å². The molecule has 10 aliphatic rings. The molecule has 0 saturated heterocycles. The van der Waals surface area contributed by atoms with Gasteiger partial charge in [-0.1, -0.05) is 93.5 Å². The maximum atomic E-state index is 13.2. The zero-order valence-corrected chi connectivity index (χ0v) is 81.0. The molecule has 6 aromatic heterocycles. The molecule has 10 aromatic carbocycles. The first-order chi connectivity index (χ1) is 70.8. The fourth-order valence-electron chi connectivity index (χ4n) is 23.5. The van der Waals surface area contributed by atoms with Crippen LogP contribution in [0.15, 0.2) is 267 Å². The van der Waals surface area contributed by atoms with Crippen LogP contribution in [0.3, 0.4) is 0 Å². The lowest BCUT2D eigenvalue weighted by Crippen LogP contribution is -2.59. The number of aromatic amines is 4. The first-order valence-corrected chi connectivity index (χ1v) is 50.8. The number of fused-ring (bicyclic) bond motifs is 4. The number of ether oxygens (including phenoxy) is 2. The summed E-state index contributed by atoms with van der Waals surface area (Å²) in [6, 6.07) is 74.1. The zero-order valence-electron chi connectivity index (χ0n) is 81.0. The number of pyridine rings is 2. The van der Waals surface area contributed by atoms with E-state index >= 15 is 0 Å². The molecule has 16 aromatic rings. The highest BCUT2D eigenvalue weighted by molar-refractivity contribution is 6.09. The van der Waals surface area contributed by atoms with Crippen molar-refractivity contribution in [1.82, 2.24) is 71.1 Å². The van der Waals surface area contributed by atoms with Crippen LogP contribution < -0.4 is 52.0 Å². The molecule has 10 saturated carbocycles. The maximum absolute atomic E-state index is 13.2. The number of rotatable bonds is 22. The maximum Gasteiger partial charge on any atom is 0.255 e. The SMILES string of the molecule is COc1ccc(NC(=O)c2ccc3nc(-c4ccc(C(=O)NC56CC7CC(CC(C7)C5)C6)cc4)[nH]c3c2)cc1.COc1ccc(NC(=O)c2ccc3nc(-c4ccc(C(=O)NC5C6CC7CC(C6)CC5C7)cc4)[nH]c3c2)cc1.O=C(Nc1cccnc1)c1ccc2nc(-c3ccc(C(=O)NC4CCCCC4)cc3)[nH]c2c1.O=C(Nc1cccnc1)c1ccc2nc(-c3ccc(C(=O)NC4CCCCCC4)cc3)[nH]c2c1. The zero-order chi connectivity index (χ0) is 99.0. The third-order valence-electron chi connectivity index (χ3n) is 30.3. The van der Waals surface area contributed by atoms with Crippen LogP contribution in [-0.4, -0.2) is 135 Å². The molecule has 28 nitrogen and oxygen atoms in total. The Hall–Kier alpha value is -16.3. The number of imidazole rings is 4. The number of nitrogens with zero attached hydrogens (tertiary/aromatic N) is 6. The van der Waals surface area contributed by atoms with E-state index in [-0.39, 0.29) is 64.9 Å². The third kappa shape index (κ3) is 22.3. The van der Waals surface area contributed by atoms with Gasteiger partial charge in [0.1, 0.15) is 34.8 Å². The normalized spacial score (nSPS) is 20.1. The molecule has 12 N–H and O–H groups in total. The van der Waals surface area contributed by atoms with Crippen molar-refractivity contribution in [2.24, 2.45) is 41.4 Å². The van der Waals surface area contributed by atoms with Gasteiger partial charge in [-0.05, 0) is 332 Å². The van der Waals surface area contributed by atoms with Crippen LogP contribution in [-0.2, 0) is 0 Å². The minimum absolute atomic E-state index is 0.000610. The Labute approximate surface area is 839 Å². The largest absolute Gasteiger partial charge is 0.497 e. The van der Waals surface area contributed by atoms with Crippen molar-refractivity contribution in [3.63, 3.8) is 0 Å². The van der Waals surface area contributed by atoms with Gasteiger partial charge in [-0.15, -0.1) is 0 Å². The van der Waals surface area contributed by atoms with Crippen LogP contribution >= 0.6 is 0 Å². The molecule has 0 atom stereocenters. The van der Waals surface area contributed by atoms with E-state index < -0.39 is 0 Å². The molecule has 8 bridgehead atoms. The Morgan fingerprint density at radius 3 is 0.897 bits per heavy atom. The van der Waals surface area contributed by atoms with Gasteiger partial charge < -0.3 is 71.9 Å². The van der Waals surface area contributed by atoms with Crippen LogP contribution in [0, 0.1) is 41.4 Å². The van der Waals surface area contributed by atoms with Crippen molar-refractivity contribution in [1.29, 1.82) is 0 Å². The fourth-order valence-corrected chi connectivity index (χ4v) is 23.5. The Morgan fingerprint density at radius 2 is 0.586 bits per heavy atom. The van der Waals surface area contributed by atoms with E-state index in [1.54, 1.807) is 160 Å². The number of amides is 8. The van der Waals surface area contributed by atoms with Gasteiger partial charge >= 0.3 is 0 Å². The molecule has 0 unspecified atom stereocenters. The molecular weight excluding hydrogens is 1820 g/mol. The first kappa shape index (κ1) is 95.0. The van der Waals surface area contributed by atoms with Gasteiger partial charge in [0.05, 0.1) is 82.1 Å². The van der Waals surface area contributed by atoms with Gasteiger partial charge in [0.2, 0.25) is 0 Å². The molecule has 26 rings (SSSR count). The summed E-state index contributed by atoms with van der Waals surface area (Å²) >= 11 is 0. The van der Waals surface area contributed by atoms with Gasteiger partial charge in [0.25, 0.3) is 47.3 Å². The monoisotopic (exact) mass is 1930 g/mol. The van der Waals surface area contributed by atoms with Crippen LogP contribution in [0.25, 0.3) is 89.7 Å². The van der Waals surface area contributed by atoms with Crippen molar-refractivity contribution >= 4 is 114 Å². The van der Waals surface area contributed by atoms with Crippen molar-refractivity contribution in [3.05, 3.63) is 312 Å². The van der Waals surface area contributed by atoms with Crippen molar-refractivity contribution < 1.29 is 47.8 Å². The minimum Gasteiger partial charge on any atom is -0.497 e. The Balaban J connectivity index is 0.000000114. The molecule has 10 fully saturated rings. The van der Waals surface area contributed by atoms with E-state index in [2.05, 4.69) is 82.4 Å². The predicted molar refractivity (Wildman–Crippen MR) is 562 cm³/mol. The van der Waals surface area contributed by atoms with Crippen LogP contribution in [0.2, 0.25) is 0 Å². The molecule has 28 heteroatoms. The van der Waals surface area contributed by atoms with Crippen molar-refractivity contribution in [2.45, 2.75) is 165 Å². The van der Waals surface area contributed by atoms with E-state index in [4.69, 9.17) is 19.4 Å². The number of H-pyrrole nitrogens is 4. The summed E-state index contributed by atoms with van der Waals surface area (Å²) in [6.07, 6.45) is 33.3.